The number of piperidine rings is 1. The maximum absolute atomic E-state index is 12.5. The molecule has 0 aromatic heterocycles. The number of hydrogen-bond acceptors (Lipinski definition) is 1. The van der Waals surface area contributed by atoms with Crippen molar-refractivity contribution in [3.8, 4) is 0 Å². The molecule has 0 N–H and O–H groups in total. The molecule has 0 bridgehead atoms. The molecular formula is C14H17BrClNO. The molecule has 98 valence electrons. The fourth-order valence-corrected chi connectivity index (χ4v) is 2.90. The Morgan fingerprint density at radius 2 is 2.22 bits per heavy atom. The fourth-order valence-electron chi connectivity index (χ4n) is 2.28. The van der Waals surface area contributed by atoms with Gasteiger partial charge in [-0.25, -0.2) is 0 Å². The van der Waals surface area contributed by atoms with Crippen molar-refractivity contribution in [3.63, 3.8) is 0 Å². The van der Waals surface area contributed by atoms with Gasteiger partial charge in [0, 0.05) is 22.9 Å². The summed E-state index contributed by atoms with van der Waals surface area (Å²) in [5.41, 5.74) is 1.83. The number of amides is 1. The summed E-state index contributed by atoms with van der Waals surface area (Å²) in [6, 6.07) is 5.79. The molecule has 2 unspecified atom stereocenters. The van der Waals surface area contributed by atoms with Gasteiger partial charge in [0.25, 0.3) is 5.91 Å². The summed E-state index contributed by atoms with van der Waals surface area (Å²) in [7, 11) is 0. The number of benzene rings is 1. The van der Waals surface area contributed by atoms with E-state index in [9.17, 15) is 4.79 Å². The topological polar surface area (TPSA) is 20.3 Å². The molecule has 0 aliphatic carbocycles. The lowest BCUT2D eigenvalue weighted by molar-refractivity contribution is 0.0686. The first-order valence-corrected chi connectivity index (χ1v) is 7.42. The highest BCUT2D eigenvalue weighted by Crippen LogP contribution is 2.26. The summed E-state index contributed by atoms with van der Waals surface area (Å²) in [6.07, 6.45) is 0.873. The zero-order valence-electron chi connectivity index (χ0n) is 10.6. The smallest absolute Gasteiger partial charge is 0.255 e. The average Bonchev–Trinajstić information content (AvgIpc) is 2.35. The first-order chi connectivity index (χ1) is 8.50. The highest BCUT2D eigenvalue weighted by molar-refractivity contribution is 9.10. The highest BCUT2D eigenvalue weighted by atomic mass is 79.9. The van der Waals surface area contributed by atoms with E-state index in [0.717, 1.165) is 35.1 Å². The molecule has 2 atom stereocenters. The van der Waals surface area contributed by atoms with E-state index in [1.54, 1.807) is 0 Å². The van der Waals surface area contributed by atoms with E-state index in [0.29, 0.717) is 5.92 Å². The molecule has 1 saturated heterocycles. The van der Waals surface area contributed by atoms with E-state index in [1.807, 2.05) is 30.0 Å². The Bertz CT molecular complexity index is 463. The summed E-state index contributed by atoms with van der Waals surface area (Å²) >= 11 is 9.69. The van der Waals surface area contributed by atoms with Crippen molar-refractivity contribution in [2.75, 3.05) is 13.1 Å². The van der Waals surface area contributed by atoms with Crippen LogP contribution in [-0.2, 0) is 0 Å². The number of hydrogen-bond donors (Lipinski definition) is 0. The molecule has 1 aromatic rings. The summed E-state index contributed by atoms with van der Waals surface area (Å²) in [5.74, 6) is 0.453. The van der Waals surface area contributed by atoms with Gasteiger partial charge in [-0.1, -0.05) is 19.1 Å². The molecule has 1 fully saturated rings. The quantitative estimate of drug-likeness (QED) is 0.716. The minimum atomic E-state index is 0.0981. The van der Waals surface area contributed by atoms with Gasteiger partial charge >= 0.3 is 0 Å². The van der Waals surface area contributed by atoms with Crippen LogP contribution in [0.3, 0.4) is 0 Å². The van der Waals surface area contributed by atoms with Gasteiger partial charge in [-0.3, -0.25) is 4.79 Å². The summed E-state index contributed by atoms with van der Waals surface area (Å²) in [5, 5.41) is 0.190. The Hall–Kier alpha value is -0.540. The molecule has 1 amide bonds. The van der Waals surface area contributed by atoms with E-state index in [4.69, 9.17) is 11.6 Å². The molecule has 1 heterocycles. The Labute approximate surface area is 121 Å². The average molecular weight is 331 g/mol. The summed E-state index contributed by atoms with van der Waals surface area (Å²) in [4.78, 5) is 14.4. The number of carbonyl (C=O) groups is 1. The number of nitrogens with zero attached hydrogens (tertiary/aromatic N) is 1. The molecule has 0 radical (unpaired) electrons. The van der Waals surface area contributed by atoms with Crippen LogP contribution < -0.4 is 0 Å². The van der Waals surface area contributed by atoms with Crippen LogP contribution in [-0.4, -0.2) is 29.3 Å². The molecule has 4 heteroatoms. The molecule has 0 saturated carbocycles. The normalized spacial score (nSPS) is 24.1. The number of aryl methyl sites for hydroxylation is 1. The molecule has 18 heavy (non-hydrogen) atoms. The number of alkyl halides is 1. The largest absolute Gasteiger partial charge is 0.338 e. The van der Waals surface area contributed by atoms with Crippen molar-refractivity contribution in [1.82, 2.24) is 4.90 Å². The molecular weight excluding hydrogens is 314 g/mol. The third-order valence-electron chi connectivity index (χ3n) is 3.51. The van der Waals surface area contributed by atoms with Crippen molar-refractivity contribution in [3.05, 3.63) is 33.8 Å². The van der Waals surface area contributed by atoms with Crippen LogP contribution in [0.5, 0.6) is 0 Å². The Morgan fingerprint density at radius 3 is 2.89 bits per heavy atom. The lowest BCUT2D eigenvalue weighted by Crippen LogP contribution is -2.43. The van der Waals surface area contributed by atoms with E-state index < -0.39 is 0 Å². The zero-order valence-corrected chi connectivity index (χ0v) is 13.0. The minimum absolute atomic E-state index is 0.0981. The third-order valence-corrected chi connectivity index (χ3v) is 5.21. The van der Waals surface area contributed by atoms with Crippen LogP contribution in [0.1, 0.15) is 29.3 Å². The van der Waals surface area contributed by atoms with Crippen LogP contribution in [0.25, 0.3) is 0 Å². The zero-order chi connectivity index (χ0) is 13.3. The summed E-state index contributed by atoms with van der Waals surface area (Å²) in [6.45, 7) is 5.59. The van der Waals surface area contributed by atoms with Gasteiger partial charge in [0.05, 0.1) is 5.56 Å². The van der Waals surface area contributed by atoms with Crippen LogP contribution >= 0.6 is 27.5 Å². The molecule has 0 spiro atoms. The van der Waals surface area contributed by atoms with Gasteiger partial charge in [-0.15, -0.1) is 11.6 Å². The number of carbonyl (C=O) groups excluding carboxylic acids is 1. The predicted molar refractivity (Wildman–Crippen MR) is 78.2 cm³/mol. The van der Waals surface area contributed by atoms with Crippen LogP contribution in [0.15, 0.2) is 22.7 Å². The van der Waals surface area contributed by atoms with Crippen molar-refractivity contribution in [2.24, 2.45) is 5.92 Å². The highest BCUT2D eigenvalue weighted by Gasteiger charge is 2.28. The van der Waals surface area contributed by atoms with Gasteiger partial charge in [0.2, 0.25) is 0 Å². The molecule has 2 rings (SSSR count). The van der Waals surface area contributed by atoms with Crippen molar-refractivity contribution < 1.29 is 4.79 Å². The second-order valence-electron chi connectivity index (χ2n) is 4.97. The lowest BCUT2D eigenvalue weighted by atomic mass is 9.98. The van der Waals surface area contributed by atoms with Gasteiger partial charge in [-0.2, -0.15) is 0 Å². The van der Waals surface area contributed by atoms with Gasteiger partial charge in [-0.05, 0) is 46.8 Å². The summed E-state index contributed by atoms with van der Waals surface area (Å²) < 4.78 is 0.899. The van der Waals surface area contributed by atoms with E-state index in [2.05, 4.69) is 22.9 Å². The van der Waals surface area contributed by atoms with Crippen molar-refractivity contribution in [1.29, 1.82) is 0 Å². The van der Waals surface area contributed by atoms with Crippen molar-refractivity contribution >= 4 is 33.4 Å². The van der Waals surface area contributed by atoms with Gasteiger partial charge < -0.3 is 4.90 Å². The van der Waals surface area contributed by atoms with Gasteiger partial charge in [0.15, 0.2) is 0 Å². The maximum Gasteiger partial charge on any atom is 0.255 e. The van der Waals surface area contributed by atoms with E-state index in [1.165, 1.54) is 0 Å². The molecule has 1 aromatic carbocycles. The minimum Gasteiger partial charge on any atom is -0.338 e. The predicted octanol–water partition coefficient (Wildman–Crippen LogP) is 3.85. The number of halogens is 2. The van der Waals surface area contributed by atoms with Crippen LogP contribution in [0, 0.1) is 12.8 Å². The maximum atomic E-state index is 12.5. The van der Waals surface area contributed by atoms with E-state index >= 15 is 0 Å². The lowest BCUT2D eigenvalue weighted by Gasteiger charge is -2.34. The monoisotopic (exact) mass is 329 g/mol. The Balaban J connectivity index is 2.19. The van der Waals surface area contributed by atoms with Crippen LogP contribution in [0.4, 0.5) is 0 Å². The standard InChI is InChI=1S/C14H17BrClNO/c1-9-4-3-5-11(13(9)15)14(18)17-7-6-12(16)10(2)8-17/h3-5,10,12H,6-8H2,1-2H3. The first-order valence-electron chi connectivity index (χ1n) is 6.19. The Kier molecular flexibility index (Phi) is 4.33. The molecule has 2 nitrogen and oxygen atoms in total. The SMILES string of the molecule is Cc1cccc(C(=O)N2CCC(Cl)C(C)C2)c1Br. The number of rotatable bonds is 1. The van der Waals surface area contributed by atoms with Crippen LogP contribution in [0.2, 0.25) is 0 Å². The first kappa shape index (κ1) is 13.9. The second kappa shape index (κ2) is 5.62. The van der Waals surface area contributed by atoms with E-state index in [-0.39, 0.29) is 11.3 Å². The van der Waals surface area contributed by atoms with Crippen molar-refractivity contribution in [2.45, 2.75) is 25.6 Å². The molecule has 1 aliphatic heterocycles. The Morgan fingerprint density at radius 1 is 1.50 bits per heavy atom. The van der Waals surface area contributed by atoms with Gasteiger partial charge in [0.1, 0.15) is 0 Å². The second-order valence-corrected chi connectivity index (χ2v) is 6.32. The molecule has 1 aliphatic rings. The number of likely N-dealkylation sites (tertiary alicyclic amines) is 1. The third kappa shape index (κ3) is 2.72. The fraction of sp³-hybridized carbons (Fsp3) is 0.500.